The summed E-state index contributed by atoms with van der Waals surface area (Å²) < 4.78 is 7.39. The second-order valence-corrected chi connectivity index (χ2v) is 6.47. The van der Waals surface area contributed by atoms with Crippen LogP contribution in [0.25, 0.3) is 11.3 Å². The largest absolute Gasteiger partial charge is 0.497 e. The van der Waals surface area contributed by atoms with Crippen LogP contribution in [0.4, 0.5) is 0 Å². The highest BCUT2D eigenvalue weighted by molar-refractivity contribution is 5.60. The molecule has 2 aliphatic rings. The molecule has 4 rings (SSSR count). The molecule has 2 N–H and O–H groups in total. The summed E-state index contributed by atoms with van der Waals surface area (Å²) in [6, 6.07) is 8.14. The third-order valence-electron chi connectivity index (χ3n) is 5.14. The Labute approximate surface area is 137 Å². The molecule has 0 saturated carbocycles. The Bertz CT molecular complexity index is 658. The molecule has 1 aromatic carbocycles. The number of hydrogen-bond acceptors (Lipinski definition) is 4. The van der Waals surface area contributed by atoms with Crippen molar-refractivity contribution >= 4 is 0 Å². The van der Waals surface area contributed by atoms with Crippen molar-refractivity contribution in [2.45, 2.75) is 25.2 Å². The van der Waals surface area contributed by atoms with Gasteiger partial charge in [0.05, 0.1) is 19.0 Å². The van der Waals surface area contributed by atoms with Crippen LogP contribution in [0.1, 0.15) is 31.0 Å². The second kappa shape index (κ2) is 6.24. The van der Waals surface area contributed by atoms with Crippen molar-refractivity contribution in [1.82, 2.24) is 15.0 Å². The Morgan fingerprint density at radius 3 is 2.61 bits per heavy atom. The predicted octanol–water partition coefficient (Wildman–Crippen LogP) is 2.59. The minimum Gasteiger partial charge on any atom is -0.497 e. The summed E-state index contributed by atoms with van der Waals surface area (Å²) >= 11 is 0. The maximum atomic E-state index is 5.24. The third-order valence-corrected chi connectivity index (χ3v) is 5.14. The normalized spacial score (nSPS) is 21.5. The van der Waals surface area contributed by atoms with Crippen LogP contribution in [0.3, 0.4) is 0 Å². The number of piperidine rings is 1. The SMILES string of the molecule is COc1ccc(-c2cn3c(n2)C(C2CCNCC2)CCN3)cc1. The number of nitrogens with one attached hydrogen (secondary N) is 2. The van der Waals surface area contributed by atoms with E-state index in [0.29, 0.717) is 5.92 Å². The van der Waals surface area contributed by atoms with E-state index in [9.17, 15) is 0 Å². The first-order valence-electron chi connectivity index (χ1n) is 8.53. The zero-order chi connectivity index (χ0) is 15.6. The molecule has 1 atom stereocenters. The molecule has 1 unspecified atom stereocenters. The number of nitrogens with zero attached hydrogens (tertiary/aromatic N) is 2. The number of ether oxygens (including phenoxy) is 1. The van der Waals surface area contributed by atoms with E-state index in [1.807, 2.05) is 12.1 Å². The maximum absolute atomic E-state index is 5.24. The smallest absolute Gasteiger partial charge is 0.131 e. The van der Waals surface area contributed by atoms with Gasteiger partial charge in [0.1, 0.15) is 11.6 Å². The van der Waals surface area contributed by atoms with Gasteiger partial charge in [-0.2, -0.15) is 0 Å². The molecular weight excluding hydrogens is 288 g/mol. The summed E-state index contributed by atoms with van der Waals surface area (Å²) in [6.45, 7) is 3.31. The maximum Gasteiger partial charge on any atom is 0.131 e. The summed E-state index contributed by atoms with van der Waals surface area (Å²) in [5.41, 5.74) is 5.63. The monoisotopic (exact) mass is 312 g/mol. The van der Waals surface area contributed by atoms with E-state index in [1.165, 1.54) is 25.1 Å². The predicted molar refractivity (Wildman–Crippen MR) is 91.4 cm³/mol. The van der Waals surface area contributed by atoms with Crippen LogP contribution in [0.2, 0.25) is 0 Å². The van der Waals surface area contributed by atoms with Crippen molar-refractivity contribution in [3.63, 3.8) is 0 Å². The van der Waals surface area contributed by atoms with Gasteiger partial charge in [-0.3, -0.25) is 4.68 Å². The first-order chi connectivity index (χ1) is 11.3. The van der Waals surface area contributed by atoms with Gasteiger partial charge < -0.3 is 15.5 Å². The van der Waals surface area contributed by atoms with Crippen molar-refractivity contribution in [3.05, 3.63) is 36.3 Å². The molecule has 1 aromatic heterocycles. The summed E-state index contributed by atoms with van der Waals surface area (Å²) in [5.74, 6) is 3.41. The number of rotatable bonds is 3. The number of aromatic nitrogens is 2. The van der Waals surface area contributed by atoms with Crippen molar-refractivity contribution in [2.75, 3.05) is 32.2 Å². The Kier molecular flexibility index (Phi) is 3.95. The molecule has 122 valence electrons. The average Bonchev–Trinajstić information content (AvgIpc) is 3.06. The minimum atomic E-state index is 0.574. The molecule has 5 heteroatoms. The molecule has 0 radical (unpaired) electrons. The van der Waals surface area contributed by atoms with Gasteiger partial charge in [-0.15, -0.1) is 0 Å². The van der Waals surface area contributed by atoms with Crippen LogP contribution in [-0.2, 0) is 0 Å². The fraction of sp³-hybridized carbons (Fsp3) is 0.500. The van der Waals surface area contributed by atoms with Gasteiger partial charge >= 0.3 is 0 Å². The molecule has 0 aliphatic carbocycles. The molecule has 0 bridgehead atoms. The molecule has 2 aromatic rings. The molecular formula is C18H24N4O. The molecule has 5 nitrogen and oxygen atoms in total. The highest BCUT2D eigenvalue weighted by Crippen LogP contribution is 2.36. The van der Waals surface area contributed by atoms with Crippen LogP contribution in [0.15, 0.2) is 30.5 Å². The van der Waals surface area contributed by atoms with E-state index in [2.05, 4.69) is 33.7 Å². The lowest BCUT2D eigenvalue weighted by molar-refractivity contribution is 0.288. The standard InChI is InChI=1S/C18H24N4O/c1-23-15-4-2-14(3-5-15)17-12-22-18(21-17)16(8-11-20-22)13-6-9-19-10-7-13/h2-5,12-13,16,19-20H,6-11H2,1H3. The fourth-order valence-corrected chi connectivity index (χ4v) is 3.85. The Morgan fingerprint density at radius 2 is 1.87 bits per heavy atom. The number of methoxy groups -OCH3 is 1. The first-order valence-corrected chi connectivity index (χ1v) is 8.53. The van der Waals surface area contributed by atoms with Gasteiger partial charge in [-0.25, -0.2) is 4.98 Å². The van der Waals surface area contributed by atoms with E-state index in [0.717, 1.165) is 42.6 Å². The Morgan fingerprint density at radius 1 is 1.09 bits per heavy atom. The number of fused-ring (bicyclic) bond motifs is 1. The number of benzene rings is 1. The zero-order valence-corrected chi connectivity index (χ0v) is 13.6. The minimum absolute atomic E-state index is 0.574. The van der Waals surface area contributed by atoms with Crippen molar-refractivity contribution in [2.24, 2.45) is 5.92 Å². The quantitative estimate of drug-likeness (QED) is 0.915. The van der Waals surface area contributed by atoms with Crippen LogP contribution in [0.5, 0.6) is 5.75 Å². The van der Waals surface area contributed by atoms with Crippen LogP contribution in [0, 0.1) is 5.92 Å². The molecule has 1 saturated heterocycles. The summed E-state index contributed by atoms with van der Waals surface area (Å²) in [4.78, 5) is 4.97. The van der Waals surface area contributed by atoms with Gasteiger partial charge in [0, 0.05) is 18.0 Å². The molecule has 0 amide bonds. The topological polar surface area (TPSA) is 51.1 Å². The van der Waals surface area contributed by atoms with Gasteiger partial charge in [0.25, 0.3) is 0 Å². The molecule has 1 fully saturated rings. The third kappa shape index (κ3) is 2.81. The van der Waals surface area contributed by atoms with E-state index in [4.69, 9.17) is 9.72 Å². The van der Waals surface area contributed by atoms with Gasteiger partial charge in [-0.05, 0) is 62.5 Å². The summed E-state index contributed by atoms with van der Waals surface area (Å²) in [7, 11) is 1.69. The van der Waals surface area contributed by atoms with Gasteiger partial charge in [-0.1, -0.05) is 0 Å². The van der Waals surface area contributed by atoms with Crippen molar-refractivity contribution < 1.29 is 4.74 Å². The number of hydrogen-bond donors (Lipinski definition) is 2. The zero-order valence-electron chi connectivity index (χ0n) is 13.6. The summed E-state index contributed by atoms with van der Waals surface area (Å²) in [6.07, 6.45) is 5.83. The lowest BCUT2D eigenvalue weighted by Crippen LogP contribution is -2.36. The average molecular weight is 312 g/mol. The Balaban J connectivity index is 1.63. The lowest BCUT2D eigenvalue weighted by atomic mass is 9.82. The van der Waals surface area contributed by atoms with E-state index < -0.39 is 0 Å². The van der Waals surface area contributed by atoms with E-state index >= 15 is 0 Å². The molecule has 3 heterocycles. The van der Waals surface area contributed by atoms with Crippen molar-refractivity contribution in [1.29, 1.82) is 0 Å². The fourth-order valence-electron chi connectivity index (χ4n) is 3.85. The van der Waals surface area contributed by atoms with Gasteiger partial charge in [0.15, 0.2) is 0 Å². The molecule has 23 heavy (non-hydrogen) atoms. The molecule has 0 spiro atoms. The van der Waals surface area contributed by atoms with Crippen LogP contribution in [-0.4, -0.2) is 36.4 Å². The Hall–Kier alpha value is -2.01. The number of imidazole rings is 1. The van der Waals surface area contributed by atoms with Crippen LogP contribution < -0.4 is 15.5 Å². The lowest BCUT2D eigenvalue weighted by Gasteiger charge is -2.33. The first kappa shape index (κ1) is 14.6. The van der Waals surface area contributed by atoms with E-state index in [1.54, 1.807) is 7.11 Å². The summed E-state index contributed by atoms with van der Waals surface area (Å²) in [5, 5.41) is 3.46. The molecule has 2 aliphatic heterocycles. The van der Waals surface area contributed by atoms with E-state index in [-0.39, 0.29) is 0 Å². The van der Waals surface area contributed by atoms with Crippen LogP contribution >= 0.6 is 0 Å². The highest BCUT2D eigenvalue weighted by atomic mass is 16.5. The second-order valence-electron chi connectivity index (χ2n) is 6.47. The highest BCUT2D eigenvalue weighted by Gasteiger charge is 2.31. The van der Waals surface area contributed by atoms with Gasteiger partial charge in [0.2, 0.25) is 0 Å². The van der Waals surface area contributed by atoms with Crippen molar-refractivity contribution in [3.8, 4) is 17.0 Å².